The van der Waals surface area contributed by atoms with Crippen LogP contribution >= 0.6 is 0 Å². The maximum atomic E-state index is 13.1. The van der Waals surface area contributed by atoms with Crippen LogP contribution in [0, 0.1) is 0 Å². The third-order valence-corrected chi connectivity index (χ3v) is 7.14. The largest absolute Gasteiger partial charge is 0.351 e. The average Bonchev–Trinajstić information content (AvgIpc) is 3.09. The Labute approximate surface area is 178 Å². The molecule has 1 atom stereocenters. The molecule has 1 heterocycles. The van der Waals surface area contributed by atoms with Crippen LogP contribution in [0.25, 0.3) is 0 Å². The maximum Gasteiger partial charge on any atom is 0.254 e. The molecule has 0 bridgehead atoms. The van der Waals surface area contributed by atoms with E-state index in [2.05, 4.69) is 17.4 Å². The number of rotatable bonds is 8. The number of nitrogens with zero attached hydrogens (tertiary/aromatic N) is 1. The second kappa shape index (κ2) is 9.89. The quantitative estimate of drug-likeness (QED) is 0.699. The van der Waals surface area contributed by atoms with Crippen molar-refractivity contribution in [1.29, 1.82) is 0 Å². The molecule has 0 saturated carbocycles. The predicted octanol–water partition coefficient (Wildman–Crippen LogP) is 2.24. The van der Waals surface area contributed by atoms with Gasteiger partial charge >= 0.3 is 0 Å². The van der Waals surface area contributed by atoms with Crippen LogP contribution in [0.15, 0.2) is 54.6 Å². The lowest BCUT2D eigenvalue weighted by Crippen LogP contribution is -2.44. The summed E-state index contributed by atoms with van der Waals surface area (Å²) in [5.74, 6) is -0.436. The number of likely N-dealkylation sites (N-methyl/N-ethyl adjacent to an activating group) is 1. The summed E-state index contributed by atoms with van der Waals surface area (Å²) >= 11 is 0. The Kier molecular flexibility index (Phi) is 7.26. The van der Waals surface area contributed by atoms with Crippen molar-refractivity contribution in [3.63, 3.8) is 0 Å². The molecular formula is C23H28N2O4S. The van der Waals surface area contributed by atoms with Crippen LogP contribution in [0.4, 0.5) is 0 Å². The van der Waals surface area contributed by atoms with Gasteiger partial charge in [0.2, 0.25) is 5.91 Å². The molecule has 0 aliphatic carbocycles. The minimum Gasteiger partial charge on any atom is -0.351 e. The van der Waals surface area contributed by atoms with Gasteiger partial charge in [0, 0.05) is 18.2 Å². The highest BCUT2D eigenvalue weighted by atomic mass is 32.2. The lowest BCUT2D eigenvalue weighted by atomic mass is 9.99. The van der Waals surface area contributed by atoms with Gasteiger partial charge in [0.1, 0.15) is 0 Å². The summed E-state index contributed by atoms with van der Waals surface area (Å²) in [5.41, 5.74) is 2.76. The number of aryl methyl sites for hydroxylation is 2. The van der Waals surface area contributed by atoms with Gasteiger partial charge in [-0.1, -0.05) is 48.5 Å². The van der Waals surface area contributed by atoms with Crippen LogP contribution in [-0.4, -0.2) is 55.8 Å². The Morgan fingerprint density at radius 2 is 1.73 bits per heavy atom. The van der Waals surface area contributed by atoms with Gasteiger partial charge in [0.15, 0.2) is 9.84 Å². The molecule has 2 aromatic rings. The first-order valence-electron chi connectivity index (χ1n) is 10.3. The molecule has 1 aliphatic heterocycles. The van der Waals surface area contributed by atoms with Gasteiger partial charge in [-0.25, -0.2) is 8.42 Å². The van der Waals surface area contributed by atoms with Gasteiger partial charge in [0.25, 0.3) is 5.91 Å². The highest BCUT2D eigenvalue weighted by Crippen LogP contribution is 2.16. The molecule has 160 valence electrons. The summed E-state index contributed by atoms with van der Waals surface area (Å²) in [6.07, 6.45) is 1.99. The van der Waals surface area contributed by atoms with Crippen LogP contribution < -0.4 is 5.32 Å². The third kappa shape index (κ3) is 5.92. The first kappa shape index (κ1) is 22.0. The molecule has 1 saturated heterocycles. The van der Waals surface area contributed by atoms with Crippen LogP contribution in [0.1, 0.15) is 34.8 Å². The van der Waals surface area contributed by atoms with E-state index in [-0.39, 0.29) is 35.9 Å². The summed E-state index contributed by atoms with van der Waals surface area (Å²) in [6.45, 7) is 2.14. The number of amides is 2. The summed E-state index contributed by atoms with van der Waals surface area (Å²) in [5, 5.41) is 2.75. The standard InChI is InChI=1S/C23H28N2O4S/c1-2-25(16-22(26)24-20-14-15-30(28,29)17-20)23(27)21-11-7-6-10-19(21)13-12-18-8-4-3-5-9-18/h3-11,20H,2,12-17H2,1H3,(H,24,26)/t20-/m0/s1. The van der Waals surface area contributed by atoms with E-state index in [1.54, 1.807) is 6.07 Å². The molecule has 7 heteroatoms. The first-order chi connectivity index (χ1) is 14.4. The van der Waals surface area contributed by atoms with Gasteiger partial charge in [-0.3, -0.25) is 9.59 Å². The fraction of sp³-hybridized carbons (Fsp3) is 0.391. The Morgan fingerprint density at radius 1 is 1.03 bits per heavy atom. The van der Waals surface area contributed by atoms with E-state index in [4.69, 9.17) is 0 Å². The lowest BCUT2D eigenvalue weighted by Gasteiger charge is -2.23. The van der Waals surface area contributed by atoms with Crippen LogP contribution in [0.2, 0.25) is 0 Å². The van der Waals surface area contributed by atoms with Gasteiger partial charge in [-0.2, -0.15) is 0 Å². The molecular weight excluding hydrogens is 400 g/mol. The summed E-state index contributed by atoms with van der Waals surface area (Å²) in [6, 6.07) is 17.2. The molecule has 30 heavy (non-hydrogen) atoms. The molecule has 1 fully saturated rings. The number of sulfone groups is 1. The molecule has 0 spiro atoms. The van der Waals surface area contributed by atoms with Crippen molar-refractivity contribution in [2.45, 2.75) is 32.2 Å². The first-order valence-corrected chi connectivity index (χ1v) is 12.1. The molecule has 2 aromatic carbocycles. The van der Waals surface area contributed by atoms with Crippen molar-refractivity contribution in [3.05, 3.63) is 71.3 Å². The fourth-order valence-electron chi connectivity index (χ4n) is 3.72. The number of nitrogens with one attached hydrogen (secondary N) is 1. The Bertz CT molecular complexity index is 989. The molecule has 0 unspecified atom stereocenters. The maximum absolute atomic E-state index is 13.1. The summed E-state index contributed by atoms with van der Waals surface area (Å²) in [4.78, 5) is 27.0. The van der Waals surface area contributed by atoms with Crippen molar-refractivity contribution in [2.75, 3.05) is 24.6 Å². The molecule has 1 N–H and O–H groups in total. The fourth-order valence-corrected chi connectivity index (χ4v) is 5.40. The van der Waals surface area contributed by atoms with Crippen molar-refractivity contribution in [2.24, 2.45) is 0 Å². The van der Waals surface area contributed by atoms with Gasteiger partial charge in [-0.05, 0) is 43.4 Å². The summed E-state index contributed by atoms with van der Waals surface area (Å²) in [7, 11) is -3.06. The van der Waals surface area contributed by atoms with Gasteiger partial charge in [0.05, 0.1) is 18.1 Å². The molecule has 1 aliphatic rings. The molecule has 2 amide bonds. The van der Waals surface area contributed by atoms with E-state index < -0.39 is 9.84 Å². The topological polar surface area (TPSA) is 83.6 Å². The SMILES string of the molecule is CCN(CC(=O)N[C@H]1CCS(=O)(=O)C1)C(=O)c1ccccc1CCc1ccccc1. The number of carbonyl (C=O) groups is 2. The highest BCUT2D eigenvalue weighted by Gasteiger charge is 2.29. The third-order valence-electron chi connectivity index (χ3n) is 5.37. The number of benzene rings is 2. The number of carbonyl (C=O) groups excluding carboxylic acids is 2. The zero-order valence-corrected chi connectivity index (χ0v) is 18.0. The lowest BCUT2D eigenvalue weighted by molar-refractivity contribution is -0.122. The minimum absolute atomic E-state index is 0.0267. The van der Waals surface area contributed by atoms with E-state index in [9.17, 15) is 18.0 Å². The highest BCUT2D eigenvalue weighted by molar-refractivity contribution is 7.91. The zero-order valence-electron chi connectivity index (χ0n) is 17.2. The predicted molar refractivity (Wildman–Crippen MR) is 117 cm³/mol. The Hall–Kier alpha value is -2.67. The summed E-state index contributed by atoms with van der Waals surface area (Å²) < 4.78 is 23.2. The second-order valence-electron chi connectivity index (χ2n) is 7.63. The van der Waals surface area contributed by atoms with E-state index in [0.29, 0.717) is 18.5 Å². The van der Waals surface area contributed by atoms with E-state index in [0.717, 1.165) is 18.4 Å². The normalized spacial score (nSPS) is 17.4. The Balaban J connectivity index is 1.64. The van der Waals surface area contributed by atoms with Crippen LogP contribution in [0.3, 0.4) is 0 Å². The van der Waals surface area contributed by atoms with Crippen LogP contribution in [0.5, 0.6) is 0 Å². The van der Waals surface area contributed by atoms with Gasteiger partial charge in [-0.15, -0.1) is 0 Å². The molecule has 3 rings (SSSR count). The number of hydrogen-bond donors (Lipinski definition) is 1. The average molecular weight is 429 g/mol. The van der Waals surface area contributed by atoms with Crippen molar-refractivity contribution < 1.29 is 18.0 Å². The minimum atomic E-state index is -3.06. The molecule has 6 nitrogen and oxygen atoms in total. The molecule has 0 radical (unpaired) electrons. The Morgan fingerprint density at radius 3 is 2.40 bits per heavy atom. The smallest absolute Gasteiger partial charge is 0.254 e. The van der Waals surface area contributed by atoms with E-state index >= 15 is 0 Å². The van der Waals surface area contributed by atoms with Crippen molar-refractivity contribution >= 4 is 21.7 Å². The zero-order chi connectivity index (χ0) is 21.6. The van der Waals surface area contributed by atoms with Crippen LogP contribution in [-0.2, 0) is 27.5 Å². The van der Waals surface area contributed by atoms with Crippen molar-refractivity contribution in [3.8, 4) is 0 Å². The van der Waals surface area contributed by atoms with E-state index in [1.165, 1.54) is 10.5 Å². The molecule has 0 aromatic heterocycles. The second-order valence-corrected chi connectivity index (χ2v) is 9.86. The van der Waals surface area contributed by atoms with Crippen molar-refractivity contribution in [1.82, 2.24) is 10.2 Å². The van der Waals surface area contributed by atoms with E-state index in [1.807, 2.05) is 43.3 Å². The number of hydrogen-bond acceptors (Lipinski definition) is 4. The monoisotopic (exact) mass is 428 g/mol. The van der Waals surface area contributed by atoms with Gasteiger partial charge < -0.3 is 10.2 Å².